The third kappa shape index (κ3) is 3.71. The summed E-state index contributed by atoms with van der Waals surface area (Å²) >= 11 is 6.09. The fourth-order valence-corrected chi connectivity index (χ4v) is 3.51. The molecule has 3 aromatic rings. The summed E-state index contributed by atoms with van der Waals surface area (Å²) in [5.41, 5.74) is 1.11. The number of benzene rings is 1. The summed E-state index contributed by atoms with van der Waals surface area (Å²) in [5, 5.41) is 3.74. The molecular weight excluding hydrogens is 394 g/mol. The number of nitrogens with one attached hydrogen (secondary N) is 1. The molecule has 11 heteroatoms. The Bertz CT molecular complexity index is 1140. The normalized spacial score (nSPS) is 11.6. The number of halogens is 1. The van der Waals surface area contributed by atoms with E-state index >= 15 is 0 Å². The van der Waals surface area contributed by atoms with Crippen molar-refractivity contribution in [3.8, 4) is 0 Å². The number of hydrogen-bond donors (Lipinski definition) is 1. The molecule has 0 aliphatic heterocycles. The van der Waals surface area contributed by atoms with Crippen LogP contribution in [0.25, 0.3) is 5.78 Å². The minimum atomic E-state index is -4.20. The Morgan fingerprint density at radius 2 is 2.00 bits per heavy atom. The van der Waals surface area contributed by atoms with Crippen molar-refractivity contribution in [3.63, 3.8) is 0 Å². The van der Waals surface area contributed by atoms with Gasteiger partial charge >= 0.3 is 5.97 Å². The number of aromatic nitrogens is 4. The first-order chi connectivity index (χ1) is 12.7. The number of rotatable bonds is 5. The van der Waals surface area contributed by atoms with Gasteiger partial charge in [-0.25, -0.2) is 14.3 Å². The van der Waals surface area contributed by atoms with Crippen molar-refractivity contribution in [3.05, 3.63) is 46.2 Å². The predicted octanol–water partition coefficient (Wildman–Crippen LogP) is 2.37. The van der Waals surface area contributed by atoms with Crippen LogP contribution >= 0.6 is 11.6 Å². The number of ether oxygens (including phenoxy) is 1. The van der Waals surface area contributed by atoms with Gasteiger partial charge in [0.15, 0.2) is 0 Å². The summed E-state index contributed by atoms with van der Waals surface area (Å²) < 4.78 is 34.1. The number of carbonyl (C=O) groups is 1. The van der Waals surface area contributed by atoms with Gasteiger partial charge in [-0.2, -0.15) is 13.4 Å². The molecule has 0 radical (unpaired) electrons. The number of anilines is 1. The SMILES string of the molecule is CCOC(=O)c1ccc(Cl)c(C)c1NS(=O)(=O)c1nc2nc(C)ccn2n1. The summed E-state index contributed by atoms with van der Waals surface area (Å²) in [6, 6.07) is 4.56. The Morgan fingerprint density at radius 3 is 2.70 bits per heavy atom. The second kappa shape index (κ2) is 7.12. The van der Waals surface area contributed by atoms with E-state index in [9.17, 15) is 13.2 Å². The third-order valence-electron chi connectivity index (χ3n) is 3.70. The molecule has 0 amide bonds. The molecule has 0 saturated heterocycles. The van der Waals surface area contributed by atoms with Gasteiger partial charge in [-0.15, -0.1) is 5.10 Å². The second-order valence-corrected chi connectivity index (χ2v) is 7.61. The number of esters is 1. The smallest absolute Gasteiger partial charge is 0.340 e. The minimum Gasteiger partial charge on any atom is -0.462 e. The molecule has 27 heavy (non-hydrogen) atoms. The van der Waals surface area contributed by atoms with Crippen LogP contribution < -0.4 is 4.72 Å². The summed E-state index contributed by atoms with van der Waals surface area (Å²) in [6.45, 7) is 5.14. The highest BCUT2D eigenvalue weighted by molar-refractivity contribution is 7.92. The Balaban J connectivity index is 2.06. The van der Waals surface area contributed by atoms with Crippen molar-refractivity contribution in [1.29, 1.82) is 0 Å². The molecule has 0 unspecified atom stereocenters. The lowest BCUT2D eigenvalue weighted by Crippen LogP contribution is -2.19. The topological polar surface area (TPSA) is 116 Å². The Kier molecular flexibility index (Phi) is 5.03. The van der Waals surface area contributed by atoms with E-state index in [4.69, 9.17) is 16.3 Å². The minimum absolute atomic E-state index is 0.0175. The average molecular weight is 410 g/mol. The molecule has 1 N–H and O–H groups in total. The molecule has 0 aliphatic rings. The highest BCUT2D eigenvalue weighted by atomic mass is 35.5. The van der Waals surface area contributed by atoms with Crippen LogP contribution in [0.5, 0.6) is 0 Å². The van der Waals surface area contributed by atoms with Gasteiger partial charge in [-0.1, -0.05) is 11.6 Å². The maximum Gasteiger partial charge on any atom is 0.340 e. The molecule has 0 aliphatic carbocycles. The summed E-state index contributed by atoms with van der Waals surface area (Å²) in [4.78, 5) is 20.3. The van der Waals surface area contributed by atoms with E-state index in [1.807, 2.05) is 0 Å². The first-order valence-corrected chi connectivity index (χ1v) is 9.78. The van der Waals surface area contributed by atoms with E-state index in [0.717, 1.165) is 0 Å². The Morgan fingerprint density at radius 1 is 1.26 bits per heavy atom. The summed E-state index contributed by atoms with van der Waals surface area (Å²) in [6.07, 6.45) is 1.55. The molecule has 142 valence electrons. The van der Waals surface area contributed by atoms with Crippen LogP contribution in [0, 0.1) is 13.8 Å². The zero-order valence-electron chi connectivity index (χ0n) is 14.7. The first kappa shape index (κ1) is 19.1. The predicted molar refractivity (Wildman–Crippen MR) is 98.5 cm³/mol. The number of fused-ring (bicyclic) bond motifs is 1. The fraction of sp³-hybridized carbons (Fsp3) is 0.250. The van der Waals surface area contributed by atoms with Crippen LogP contribution in [-0.4, -0.2) is 40.6 Å². The lowest BCUT2D eigenvalue weighted by molar-refractivity contribution is 0.0527. The van der Waals surface area contributed by atoms with Gasteiger partial charge < -0.3 is 4.74 Å². The van der Waals surface area contributed by atoms with Crippen molar-refractivity contribution in [1.82, 2.24) is 19.6 Å². The van der Waals surface area contributed by atoms with E-state index in [1.54, 1.807) is 33.0 Å². The molecule has 9 nitrogen and oxygen atoms in total. The zero-order valence-corrected chi connectivity index (χ0v) is 16.3. The maximum atomic E-state index is 12.8. The number of sulfonamides is 1. The van der Waals surface area contributed by atoms with Gasteiger partial charge in [0.25, 0.3) is 21.0 Å². The first-order valence-electron chi connectivity index (χ1n) is 7.92. The summed E-state index contributed by atoms with van der Waals surface area (Å²) in [5.74, 6) is -0.529. The highest BCUT2D eigenvalue weighted by Gasteiger charge is 2.26. The molecule has 3 rings (SSSR count). The average Bonchev–Trinajstić information content (AvgIpc) is 3.03. The lowest BCUT2D eigenvalue weighted by Gasteiger charge is -2.14. The van der Waals surface area contributed by atoms with E-state index in [2.05, 4.69) is 19.8 Å². The molecule has 0 saturated carbocycles. The molecule has 1 aromatic carbocycles. The molecule has 0 fully saturated rings. The van der Waals surface area contributed by atoms with Gasteiger partial charge in [-0.05, 0) is 44.5 Å². The molecule has 0 atom stereocenters. The van der Waals surface area contributed by atoms with Crippen molar-refractivity contribution < 1.29 is 17.9 Å². The van der Waals surface area contributed by atoms with Gasteiger partial charge in [0.2, 0.25) is 0 Å². The van der Waals surface area contributed by atoms with Gasteiger partial charge in [-0.3, -0.25) is 4.72 Å². The fourth-order valence-electron chi connectivity index (χ4n) is 2.34. The van der Waals surface area contributed by atoms with Crippen LogP contribution in [0.2, 0.25) is 5.02 Å². The van der Waals surface area contributed by atoms with Crippen LogP contribution in [0.15, 0.2) is 29.6 Å². The number of hydrogen-bond acceptors (Lipinski definition) is 7. The van der Waals surface area contributed by atoms with Gasteiger partial charge in [0, 0.05) is 16.9 Å². The van der Waals surface area contributed by atoms with Crippen LogP contribution in [-0.2, 0) is 14.8 Å². The van der Waals surface area contributed by atoms with E-state index in [0.29, 0.717) is 16.3 Å². The molecule has 0 bridgehead atoms. The van der Waals surface area contributed by atoms with E-state index < -0.39 is 21.1 Å². The molecular formula is C16H16ClN5O4S. The van der Waals surface area contributed by atoms with Crippen molar-refractivity contribution in [2.24, 2.45) is 0 Å². The molecule has 2 aromatic heterocycles. The summed E-state index contributed by atoms with van der Waals surface area (Å²) in [7, 11) is -4.20. The lowest BCUT2D eigenvalue weighted by atomic mass is 10.1. The van der Waals surface area contributed by atoms with Gasteiger partial charge in [0.1, 0.15) is 0 Å². The van der Waals surface area contributed by atoms with Crippen LogP contribution in [0.3, 0.4) is 0 Å². The third-order valence-corrected chi connectivity index (χ3v) is 5.23. The number of nitrogens with zero attached hydrogens (tertiary/aromatic N) is 4. The van der Waals surface area contributed by atoms with Crippen LogP contribution in [0.1, 0.15) is 28.5 Å². The maximum absolute atomic E-state index is 12.8. The monoisotopic (exact) mass is 409 g/mol. The van der Waals surface area contributed by atoms with E-state index in [-0.39, 0.29) is 23.6 Å². The molecule has 2 heterocycles. The molecule has 0 spiro atoms. The zero-order chi connectivity index (χ0) is 19.8. The van der Waals surface area contributed by atoms with Crippen molar-refractivity contribution in [2.75, 3.05) is 11.3 Å². The van der Waals surface area contributed by atoms with Gasteiger partial charge in [0.05, 0.1) is 17.9 Å². The Labute approximate surface area is 160 Å². The highest BCUT2D eigenvalue weighted by Crippen LogP contribution is 2.30. The number of aryl methyl sites for hydroxylation is 1. The standard InChI is InChI=1S/C16H16ClN5O4S/c1-4-26-14(23)11-5-6-12(17)10(3)13(11)21-27(24,25)16-19-15-18-9(2)7-8-22(15)20-16/h5-8,21H,4H2,1-3H3. The van der Waals surface area contributed by atoms with E-state index in [1.165, 1.54) is 16.6 Å². The van der Waals surface area contributed by atoms with Crippen molar-refractivity contribution in [2.45, 2.75) is 25.9 Å². The van der Waals surface area contributed by atoms with Crippen molar-refractivity contribution >= 4 is 39.1 Å². The Hall–Kier alpha value is -2.72. The number of carbonyl (C=O) groups excluding carboxylic acids is 1. The second-order valence-electron chi connectivity index (χ2n) is 5.63. The largest absolute Gasteiger partial charge is 0.462 e. The van der Waals surface area contributed by atoms with Crippen LogP contribution in [0.4, 0.5) is 5.69 Å². The quantitative estimate of drug-likeness (QED) is 0.643.